The van der Waals surface area contributed by atoms with Gasteiger partial charge in [-0.3, -0.25) is 0 Å². The van der Waals surface area contributed by atoms with Gasteiger partial charge in [-0.1, -0.05) is 0 Å². The Hall–Kier alpha value is 0.880. The van der Waals surface area contributed by atoms with Crippen molar-refractivity contribution in [3.8, 4) is 0 Å². The summed E-state index contributed by atoms with van der Waals surface area (Å²) in [6.07, 6.45) is 0. The Bertz CT molecular complexity index is 282. The quantitative estimate of drug-likeness (QED) is 0.289. The van der Waals surface area contributed by atoms with Crippen LogP contribution in [0.15, 0.2) is 0 Å². The van der Waals surface area contributed by atoms with E-state index in [0.717, 1.165) is 0 Å². The first kappa shape index (κ1) is 18.9. The van der Waals surface area contributed by atoms with Gasteiger partial charge in [0.1, 0.15) is 0 Å². The Morgan fingerprint density at radius 3 is 0.450 bits per heavy atom. The van der Waals surface area contributed by atoms with Crippen molar-refractivity contribution < 1.29 is 52.7 Å². The Balaban J connectivity index is 3.33. The van der Waals surface area contributed by atoms with Gasteiger partial charge in [0.15, 0.2) is 0 Å². The predicted molar refractivity (Wildman–Crippen MR) is 51.9 cm³/mol. The van der Waals surface area contributed by atoms with E-state index in [-0.39, 0.29) is 0 Å². The van der Waals surface area contributed by atoms with Gasteiger partial charge in [-0.05, 0) is 0 Å². The van der Waals surface area contributed by atoms with E-state index in [1.165, 1.54) is 0 Å². The van der Waals surface area contributed by atoms with E-state index >= 15 is 0 Å². The molecule has 0 atom stereocenters. The molecule has 16 heteroatoms. The van der Waals surface area contributed by atoms with Crippen LogP contribution >= 0.6 is 29.2 Å². The molecule has 0 aromatic rings. The third-order valence-corrected chi connectivity index (χ3v) is 32.6. The van der Waals surface area contributed by atoms with Gasteiger partial charge in [0.25, 0.3) is 0 Å². The number of hydrogen-bond donors (Lipinski definition) is 0. The molecule has 0 spiro atoms. The molecule has 0 bridgehead atoms. The molecule has 0 nitrogen and oxygen atoms in total. The summed E-state index contributed by atoms with van der Waals surface area (Å²) in [6, 6.07) is 0. The van der Waals surface area contributed by atoms with Crippen LogP contribution in [0.4, 0.5) is 52.7 Å². The smallest absolute Gasteiger partial charge is 0.166 e. The Morgan fingerprint density at radius 2 is 0.400 bits per heavy atom. The maximum absolute atomic E-state index is 12.3. The lowest BCUT2D eigenvalue weighted by molar-refractivity contribution is -0.0526. The van der Waals surface area contributed by atoms with Gasteiger partial charge in [0, 0.05) is 0 Å². The second-order valence-corrected chi connectivity index (χ2v) is 20.8. The molecule has 120 valence electrons. The van der Waals surface area contributed by atoms with E-state index in [0.29, 0.717) is 0 Å². The largest absolute Gasteiger partial charge is 0.414 e. The zero-order valence-corrected chi connectivity index (χ0v) is 11.9. The Labute approximate surface area is 106 Å². The van der Waals surface area contributed by atoms with Crippen molar-refractivity contribution in [1.29, 1.82) is 0 Å². The van der Waals surface area contributed by atoms with Crippen LogP contribution < -0.4 is 0 Å². The van der Waals surface area contributed by atoms with Gasteiger partial charge in [-0.25, -0.2) is 0 Å². The summed E-state index contributed by atoms with van der Waals surface area (Å²) in [5.41, 5.74) is 0. The SMILES string of the molecule is FC(F)(F)P1P(C(F)(F)F)P(C(F)(F)F)P1C(F)(F)F. The minimum absolute atomic E-state index is 4.76. The van der Waals surface area contributed by atoms with Crippen LogP contribution in [0.3, 0.4) is 0 Å². The summed E-state index contributed by atoms with van der Waals surface area (Å²) in [5.74, 6) is -23.6. The van der Waals surface area contributed by atoms with E-state index in [1.54, 1.807) is 0 Å². The van der Waals surface area contributed by atoms with Crippen molar-refractivity contribution in [2.75, 3.05) is 0 Å². The van der Waals surface area contributed by atoms with Crippen molar-refractivity contribution in [2.45, 2.75) is 23.7 Å². The highest BCUT2D eigenvalue weighted by molar-refractivity contribution is 9.09. The molecule has 0 aromatic carbocycles. The average Bonchev–Trinajstić information content (AvgIpc) is 1.86. The number of halogens is 12. The van der Waals surface area contributed by atoms with Gasteiger partial charge >= 0.3 is 23.7 Å². The minimum atomic E-state index is -5.90. The van der Waals surface area contributed by atoms with Crippen LogP contribution in [0.1, 0.15) is 0 Å². The first-order valence-electron chi connectivity index (χ1n) is 3.96. The summed E-state index contributed by atoms with van der Waals surface area (Å²) in [4.78, 5) is 0. The molecule has 1 aliphatic rings. The number of rotatable bonds is 0. The lowest BCUT2D eigenvalue weighted by atomic mass is 11.6. The molecule has 1 aliphatic heterocycles. The van der Waals surface area contributed by atoms with Gasteiger partial charge < -0.3 is 0 Å². The van der Waals surface area contributed by atoms with Crippen LogP contribution in [0, 0.1) is 0 Å². The molecule has 0 radical (unpaired) electrons. The summed E-state index contributed by atoms with van der Waals surface area (Å²) in [6.45, 7) is 0. The van der Waals surface area contributed by atoms with E-state index < -0.39 is 52.9 Å². The highest BCUT2D eigenvalue weighted by Crippen LogP contribution is 3.28. The number of alkyl halides is 12. The van der Waals surface area contributed by atoms with Crippen molar-refractivity contribution in [1.82, 2.24) is 0 Å². The van der Waals surface area contributed by atoms with Gasteiger partial charge in [0.05, 0.1) is 29.2 Å². The standard InChI is InChI=1S/C4F12P4/c5-1(6,7)17-18(2(8,9)10)20(4(14,15)16)19(17)3(11,12)13. The molecule has 0 aromatic heterocycles. The van der Waals surface area contributed by atoms with Crippen LogP contribution in [-0.2, 0) is 0 Å². The zero-order chi connectivity index (χ0) is 16.3. The topological polar surface area (TPSA) is 0 Å². The number of hydrogen-bond acceptors (Lipinski definition) is 0. The molecule has 0 unspecified atom stereocenters. The molecule has 0 saturated carbocycles. The van der Waals surface area contributed by atoms with E-state index in [4.69, 9.17) is 0 Å². The van der Waals surface area contributed by atoms with Crippen LogP contribution in [0.25, 0.3) is 0 Å². The van der Waals surface area contributed by atoms with Gasteiger partial charge in [0.2, 0.25) is 0 Å². The maximum Gasteiger partial charge on any atom is 0.414 e. The van der Waals surface area contributed by atoms with Crippen molar-refractivity contribution in [3.05, 3.63) is 0 Å². The molecule has 0 amide bonds. The lowest BCUT2D eigenvalue weighted by Gasteiger charge is -2.52. The fraction of sp³-hybridized carbons (Fsp3) is 1.00. The Morgan fingerprint density at radius 1 is 0.300 bits per heavy atom. The first-order valence-corrected chi connectivity index (χ1v) is 12.2. The molecule has 0 aliphatic carbocycles. The molecule has 0 N–H and O–H groups in total. The normalized spacial score (nSPS) is 33.0. The predicted octanol–water partition coefficient (Wildman–Crippen LogP) is 7.67. The molecular weight excluding hydrogens is 400 g/mol. The molecule has 1 heterocycles. The fourth-order valence-electron chi connectivity index (χ4n) is 1.15. The van der Waals surface area contributed by atoms with Crippen molar-refractivity contribution >= 4 is 29.2 Å². The summed E-state index contributed by atoms with van der Waals surface area (Å²) >= 11 is 0. The fourth-order valence-corrected chi connectivity index (χ4v) is 33.7. The maximum atomic E-state index is 12.3. The summed E-state index contributed by atoms with van der Waals surface area (Å²) in [5, 5.41) is 0. The van der Waals surface area contributed by atoms with Gasteiger partial charge in [-0.2, -0.15) is 52.7 Å². The third-order valence-electron chi connectivity index (χ3n) is 1.62. The second kappa shape index (κ2) is 5.21. The van der Waals surface area contributed by atoms with E-state index in [9.17, 15) is 52.7 Å². The third kappa shape index (κ3) is 3.61. The molecule has 20 heavy (non-hydrogen) atoms. The molecular formula is C4F12P4. The summed E-state index contributed by atoms with van der Waals surface area (Å²) < 4.78 is 148. The van der Waals surface area contributed by atoms with Gasteiger partial charge in [-0.15, -0.1) is 0 Å². The van der Waals surface area contributed by atoms with Crippen LogP contribution in [0.5, 0.6) is 0 Å². The highest BCUT2D eigenvalue weighted by Gasteiger charge is 2.82. The van der Waals surface area contributed by atoms with Crippen molar-refractivity contribution in [2.24, 2.45) is 0 Å². The average molecular weight is 400 g/mol. The highest BCUT2D eigenvalue weighted by atomic mass is 33.0. The van der Waals surface area contributed by atoms with Crippen LogP contribution in [0.2, 0.25) is 0 Å². The summed E-state index contributed by atoms with van der Waals surface area (Å²) in [7, 11) is -19.0. The first-order chi connectivity index (χ1) is 8.49. The molecule has 1 rings (SSSR count). The lowest BCUT2D eigenvalue weighted by Crippen LogP contribution is -2.24. The second-order valence-electron chi connectivity index (χ2n) is 3.03. The van der Waals surface area contributed by atoms with E-state index in [1.807, 2.05) is 0 Å². The molecule has 1 fully saturated rings. The Kier molecular flexibility index (Phi) is 4.93. The van der Waals surface area contributed by atoms with E-state index in [2.05, 4.69) is 0 Å². The zero-order valence-electron chi connectivity index (χ0n) is 8.32. The minimum Gasteiger partial charge on any atom is -0.166 e. The molecule has 1 saturated heterocycles. The van der Waals surface area contributed by atoms with Crippen LogP contribution in [-0.4, -0.2) is 23.7 Å². The van der Waals surface area contributed by atoms with Crippen molar-refractivity contribution in [3.63, 3.8) is 0 Å². The monoisotopic (exact) mass is 400 g/mol.